The van der Waals surface area contributed by atoms with Gasteiger partial charge in [-0.25, -0.2) is 15.0 Å². The van der Waals surface area contributed by atoms with E-state index in [-0.39, 0.29) is 33.9 Å². The summed E-state index contributed by atoms with van der Waals surface area (Å²) in [5, 5.41) is 49.5. The molecule has 0 bridgehead atoms. The van der Waals surface area contributed by atoms with Gasteiger partial charge < -0.3 is 33.8 Å². The van der Waals surface area contributed by atoms with E-state index in [1.807, 2.05) is 60.7 Å². The monoisotopic (exact) mass is 846 g/mol. The van der Waals surface area contributed by atoms with Crippen LogP contribution in [-0.4, -0.2) is 47.8 Å². The maximum Gasteiger partial charge on any atom is 0.200 e. The minimum Gasteiger partial charge on any atom is -0.507 e. The quantitative estimate of drug-likeness (QED) is 0.0771. The maximum atomic E-state index is 11.4. The molecule has 4 heterocycles. The van der Waals surface area contributed by atoms with Gasteiger partial charge in [-0.3, -0.25) is 0 Å². The van der Waals surface area contributed by atoms with E-state index in [4.69, 9.17) is 23.8 Å². The molecule has 310 valence electrons. The molecular formula is C54H35BN4O6. The van der Waals surface area contributed by atoms with Crippen LogP contribution in [0.4, 0.5) is 0 Å². The van der Waals surface area contributed by atoms with Crippen molar-refractivity contribution in [3.05, 3.63) is 151 Å². The Bertz CT molecular complexity index is 4040. The summed E-state index contributed by atoms with van der Waals surface area (Å²) in [4.78, 5) is 14.8. The molecule has 0 saturated heterocycles. The molecule has 10 nitrogen and oxygen atoms in total. The van der Waals surface area contributed by atoms with E-state index in [2.05, 4.69) is 97.3 Å². The summed E-state index contributed by atoms with van der Waals surface area (Å²) in [7, 11) is 1.42. The Kier molecular flexibility index (Phi) is 7.40. The molecule has 8 aromatic carbocycles. The minimum atomic E-state index is -0.804. The third kappa shape index (κ3) is 5.03. The summed E-state index contributed by atoms with van der Waals surface area (Å²) in [6.45, 7) is 4.60. The number of hydrogen-bond donors (Lipinski definition) is 4. The van der Waals surface area contributed by atoms with Crippen LogP contribution < -0.4 is 5.46 Å². The first-order chi connectivity index (χ1) is 31.6. The molecule has 0 radical (unpaired) electrons. The average molecular weight is 847 g/mol. The van der Waals surface area contributed by atoms with Crippen molar-refractivity contribution >= 4 is 79.0 Å². The van der Waals surface area contributed by atoms with Gasteiger partial charge in [0.1, 0.15) is 41.5 Å². The van der Waals surface area contributed by atoms with Crippen LogP contribution in [0.15, 0.2) is 148 Å². The lowest BCUT2D eigenvalue weighted by Crippen LogP contribution is -2.14. The molecule has 0 saturated carbocycles. The fourth-order valence-corrected chi connectivity index (χ4v) is 10.3. The first kappa shape index (κ1) is 37.0. The van der Waals surface area contributed by atoms with Crippen molar-refractivity contribution in [2.75, 3.05) is 0 Å². The first-order valence-electron chi connectivity index (χ1n) is 21.3. The maximum absolute atomic E-state index is 11.4. The third-order valence-electron chi connectivity index (χ3n) is 13.5. The Morgan fingerprint density at radius 3 is 1.82 bits per heavy atom. The van der Waals surface area contributed by atoms with Crippen molar-refractivity contribution in [3.63, 3.8) is 0 Å². The van der Waals surface area contributed by atoms with Crippen LogP contribution in [0.1, 0.15) is 25.0 Å². The second kappa shape index (κ2) is 13.0. The van der Waals surface area contributed by atoms with Crippen LogP contribution in [0.5, 0.6) is 23.0 Å². The van der Waals surface area contributed by atoms with Crippen molar-refractivity contribution in [1.29, 1.82) is 0 Å². The minimum absolute atomic E-state index is 0.0538. The summed E-state index contributed by atoms with van der Waals surface area (Å²) in [6.07, 6.45) is 0. The lowest BCUT2D eigenvalue weighted by molar-refractivity contribution is 0.365. The van der Waals surface area contributed by atoms with Crippen molar-refractivity contribution in [3.8, 4) is 74.0 Å². The molecule has 4 N–H and O–H groups in total. The zero-order valence-corrected chi connectivity index (χ0v) is 35.2. The molecule has 0 aliphatic heterocycles. The van der Waals surface area contributed by atoms with E-state index < -0.39 is 23.0 Å². The average Bonchev–Trinajstić information content (AvgIpc) is 4.06. The highest BCUT2D eigenvalue weighted by Crippen LogP contribution is 2.52. The zero-order chi connectivity index (χ0) is 44.0. The Labute approximate surface area is 370 Å². The van der Waals surface area contributed by atoms with Gasteiger partial charge in [0.05, 0.1) is 11.0 Å². The van der Waals surface area contributed by atoms with Gasteiger partial charge in [0.2, 0.25) is 5.75 Å². The number of aromatic nitrogens is 4. The lowest BCUT2D eigenvalue weighted by Gasteiger charge is -2.21. The van der Waals surface area contributed by atoms with Crippen molar-refractivity contribution in [2.24, 2.45) is 0 Å². The number of phenols is 4. The molecule has 0 atom stereocenters. The van der Waals surface area contributed by atoms with Gasteiger partial charge >= 0.3 is 0 Å². The van der Waals surface area contributed by atoms with Crippen LogP contribution in [0.25, 0.3) is 117 Å². The SMILES string of the molecule is Bc1c(O)c(O)c(O)c(-c2nc(-c3cccc4oc5ccccc5c34)nc(-c3cccc4oc5cc(-n6c7ccccc7c7cc8c(cc76)C(C)(C)c6ccccc6-8)ccc5c34)n2)c1O. The van der Waals surface area contributed by atoms with Gasteiger partial charge in [0.15, 0.2) is 29.0 Å². The molecule has 0 unspecified atom stereocenters. The third-order valence-corrected chi connectivity index (χ3v) is 13.5. The second-order valence-electron chi connectivity index (χ2n) is 17.4. The molecule has 13 rings (SSSR count). The molecule has 0 fully saturated rings. The fraction of sp³-hybridized carbons (Fsp3) is 0.0556. The summed E-state index contributed by atoms with van der Waals surface area (Å²) in [5.74, 6) is -2.40. The second-order valence-corrected chi connectivity index (χ2v) is 17.4. The van der Waals surface area contributed by atoms with E-state index in [1.165, 1.54) is 35.5 Å². The number of phenolic OH excluding ortho intramolecular Hbond substituents is 4. The predicted octanol–water partition coefficient (Wildman–Crippen LogP) is 11.2. The van der Waals surface area contributed by atoms with Crippen LogP contribution >= 0.6 is 0 Å². The number of furan rings is 2. The molecule has 12 aromatic rings. The topological polar surface area (TPSA) is 151 Å². The van der Waals surface area contributed by atoms with E-state index in [9.17, 15) is 20.4 Å². The number of rotatable bonds is 4. The van der Waals surface area contributed by atoms with Gasteiger partial charge in [-0.05, 0) is 76.2 Å². The van der Waals surface area contributed by atoms with E-state index >= 15 is 0 Å². The Morgan fingerprint density at radius 2 is 1.06 bits per heavy atom. The van der Waals surface area contributed by atoms with Gasteiger partial charge in [0, 0.05) is 60.6 Å². The van der Waals surface area contributed by atoms with Crippen LogP contribution in [0, 0.1) is 0 Å². The summed E-state index contributed by atoms with van der Waals surface area (Å²) in [6, 6.07) is 47.1. The summed E-state index contributed by atoms with van der Waals surface area (Å²) in [5.41, 5.74) is 11.6. The summed E-state index contributed by atoms with van der Waals surface area (Å²) >= 11 is 0. The Morgan fingerprint density at radius 1 is 0.462 bits per heavy atom. The molecule has 1 aliphatic rings. The first-order valence-corrected chi connectivity index (χ1v) is 21.3. The lowest BCUT2D eigenvalue weighted by atomic mass is 9.82. The number of benzene rings is 8. The van der Waals surface area contributed by atoms with Crippen LogP contribution in [0.3, 0.4) is 0 Å². The van der Waals surface area contributed by atoms with Crippen molar-refractivity contribution in [1.82, 2.24) is 19.5 Å². The molecule has 65 heavy (non-hydrogen) atoms. The molecule has 1 aliphatic carbocycles. The summed E-state index contributed by atoms with van der Waals surface area (Å²) < 4.78 is 15.2. The highest BCUT2D eigenvalue weighted by Gasteiger charge is 2.36. The van der Waals surface area contributed by atoms with Crippen LogP contribution in [0.2, 0.25) is 0 Å². The number of para-hydroxylation sites is 2. The largest absolute Gasteiger partial charge is 0.507 e. The highest BCUT2D eigenvalue weighted by molar-refractivity contribution is 6.37. The van der Waals surface area contributed by atoms with E-state index in [0.717, 1.165) is 43.7 Å². The molecule has 11 heteroatoms. The van der Waals surface area contributed by atoms with E-state index in [0.29, 0.717) is 33.5 Å². The Balaban J connectivity index is 1.04. The number of fused-ring (bicyclic) bond motifs is 12. The van der Waals surface area contributed by atoms with Gasteiger partial charge in [-0.1, -0.05) is 98.8 Å². The normalized spacial score (nSPS) is 13.2. The molecule has 4 aromatic heterocycles. The van der Waals surface area contributed by atoms with Gasteiger partial charge in [-0.2, -0.15) is 0 Å². The molecule has 0 amide bonds. The predicted molar refractivity (Wildman–Crippen MR) is 257 cm³/mol. The smallest absolute Gasteiger partial charge is 0.200 e. The number of hydrogen-bond acceptors (Lipinski definition) is 9. The number of nitrogens with zero attached hydrogens (tertiary/aromatic N) is 4. The van der Waals surface area contributed by atoms with Crippen molar-refractivity contribution in [2.45, 2.75) is 19.3 Å². The standard InChI is InChI=1S/C54H35BN4O6/c1-54(2)35-16-6-3-11-27(35)33-24-34-28-12-4-7-17-37(28)59(38(34)25-36(33)54)26-21-22-30-42(23-26)65-41-20-10-15-32(44(30)41)52-56-51(31-14-9-19-40-43(31)29-13-5-8-18-39(29)64-40)57-53(58-52)45-47(60)46(55)49(62)50(63)48(45)61/h3-25,60-63H,55H2,1-2H3. The zero-order valence-electron chi connectivity index (χ0n) is 35.2. The Hall–Kier alpha value is -8.57. The van der Waals surface area contributed by atoms with Crippen molar-refractivity contribution < 1.29 is 29.3 Å². The van der Waals surface area contributed by atoms with Gasteiger partial charge in [-0.15, -0.1) is 0 Å². The van der Waals surface area contributed by atoms with Crippen LogP contribution in [-0.2, 0) is 5.41 Å². The number of aromatic hydroxyl groups is 4. The molecule has 0 spiro atoms. The van der Waals surface area contributed by atoms with E-state index in [1.54, 1.807) is 0 Å². The highest BCUT2D eigenvalue weighted by atomic mass is 16.3. The fourth-order valence-electron chi connectivity index (χ4n) is 10.3. The molecular weight excluding hydrogens is 811 g/mol. The van der Waals surface area contributed by atoms with Gasteiger partial charge in [0.25, 0.3) is 0 Å².